The van der Waals surface area contributed by atoms with Crippen molar-refractivity contribution in [3.63, 3.8) is 0 Å². The fraction of sp³-hybridized carbons (Fsp3) is 0.318. The molecule has 0 bridgehead atoms. The van der Waals surface area contributed by atoms with Crippen LogP contribution in [0.1, 0.15) is 34.9 Å². The molecule has 0 radical (unpaired) electrons. The lowest BCUT2D eigenvalue weighted by Gasteiger charge is -2.06. The van der Waals surface area contributed by atoms with Crippen LogP contribution in [0.2, 0.25) is 0 Å². The standard InChI is InChI=1S/C22H25N3O3/c1-16-7-9-17(10-8-16)15-23-20(26)12-14-22-25-24-21(28-22)13-11-18-5-3-4-6-19(18)27-2/h3-10H,11-15H2,1-2H3,(H,23,26). The van der Waals surface area contributed by atoms with Crippen molar-refractivity contribution in [2.75, 3.05) is 7.11 Å². The molecule has 0 unspecified atom stereocenters. The van der Waals surface area contributed by atoms with Crippen LogP contribution in [0.15, 0.2) is 52.9 Å². The highest BCUT2D eigenvalue weighted by atomic mass is 16.5. The van der Waals surface area contributed by atoms with Gasteiger partial charge in [0.1, 0.15) is 5.75 Å². The molecule has 1 aromatic heterocycles. The van der Waals surface area contributed by atoms with E-state index >= 15 is 0 Å². The molecule has 3 rings (SSSR count). The summed E-state index contributed by atoms with van der Waals surface area (Å²) < 4.78 is 11.0. The van der Waals surface area contributed by atoms with Gasteiger partial charge in [-0.25, -0.2) is 0 Å². The predicted octanol–water partition coefficient (Wildman–Crippen LogP) is 3.42. The van der Waals surface area contributed by atoms with Crippen molar-refractivity contribution >= 4 is 5.91 Å². The van der Waals surface area contributed by atoms with E-state index in [1.165, 1.54) is 5.56 Å². The Bertz CT molecular complexity index is 903. The Morgan fingerprint density at radius 2 is 1.71 bits per heavy atom. The SMILES string of the molecule is COc1ccccc1CCc1nnc(CCC(=O)NCc2ccc(C)cc2)o1. The number of ether oxygens (including phenoxy) is 1. The number of aryl methyl sites for hydroxylation is 4. The molecule has 0 atom stereocenters. The number of hydrogen-bond acceptors (Lipinski definition) is 5. The van der Waals surface area contributed by atoms with E-state index in [-0.39, 0.29) is 5.91 Å². The predicted molar refractivity (Wildman–Crippen MR) is 106 cm³/mol. The van der Waals surface area contributed by atoms with Gasteiger partial charge in [0.05, 0.1) is 7.11 Å². The summed E-state index contributed by atoms with van der Waals surface area (Å²) in [6.45, 7) is 2.56. The number of hydrogen-bond donors (Lipinski definition) is 1. The van der Waals surface area contributed by atoms with Gasteiger partial charge in [0.2, 0.25) is 17.7 Å². The first-order valence-corrected chi connectivity index (χ1v) is 9.39. The van der Waals surface area contributed by atoms with Crippen LogP contribution in [0.4, 0.5) is 0 Å². The third-order valence-corrected chi connectivity index (χ3v) is 4.49. The van der Waals surface area contributed by atoms with Crippen LogP contribution in [-0.2, 0) is 30.6 Å². The first kappa shape index (κ1) is 19.6. The quantitative estimate of drug-likeness (QED) is 0.616. The number of rotatable bonds is 9. The van der Waals surface area contributed by atoms with Crippen LogP contribution in [-0.4, -0.2) is 23.2 Å². The van der Waals surface area contributed by atoms with Crippen LogP contribution < -0.4 is 10.1 Å². The lowest BCUT2D eigenvalue weighted by atomic mass is 10.1. The fourth-order valence-electron chi connectivity index (χ4n) is 2.86. The minimum atomic E-state index is -0.0330. The number of carbonyl (C=O) groups excluding carboxylic acids is 1. The summed E-state index contributed by atoms with van der Waals surface area (Å²) in [5.74, 6) is 1.88. The zero-order chi connectivity index (χ0) is 19.8. The van der Waals surface area contributed by atoms with Gasteiger partial charge in [-0.3, -0.25) is 4.79 Å². The van der Waals surface area contributed by atoms with Gasteiger partial charge < -0.3 is 14.5 Å². The Kier molecular flexibility index (Phi) is 6.78. The van der Waals surface area contributed by atoms with Crippen molar-refractivity contribution < 1.29 is 13.9 Å². The molecule has 0 spiro atoms. The molecule has 146 valence electrons. The van der Waals surface area contributed by atoms with Crippen molar-refractivity contribution in [2.45, 2.75) is 39.2 Å². The summed E-state index contributed by atoms with van der Waals surface area (Å²) in [4.78, 5) is 12.0. The van der Waals surface area contributed by atoms with E-state index in [0.717, 1.165) is 23.3 Å². The van der Waals surface area contributed by atoms with E-state index in [9.17, 15) is 4.79 Å². The lowest BCUT2D eigenvalue weighted by Crippen LogP contribution is -2.23. The first-order chi connectivity index (χ1) is 13.6. The van der Waals surface area contributed by atoms with E-state index in [1.807, 2.05) is 55.5 Å². The molecule has 1 N–H and O–H groups in total. The zero-order valence-electron chi connectivity index (χ0n) is 16.3. The van der Waals surface area contributed by atoms with E-state index in [2.05, 4.69) is 15.5 Å². The van der Waals surface area contributed by atoms with Crippen LogP contribution in [0.5, 0.6) is 5.75 Å². The summed E-state index contributed by atoms with van der Waals surface area (Å²) in [5, 5.41) is 11.0. The zero-order valence-corrected chi connectivity index (χ0v) is 16.3. The summed E-state index contributed by atoms with van der Waals surface area (Å²) in [5.41, 5.74) is 3.38. The maximum atomic E-state index is 12.0. The number of para-hydroxylation sites is 1. The highest BCUT2D eigenvalue weighted by Crippen LogP contribution is 2.19. The molecule has 0 aliphatic carbocycles. The lowest BCUT2D eigenvalue weighted by molar-refractivity contribution is -0.121. The molecule has 0 fully saturated rings. The largest absolute Gasteiger partial charge is 0.496 e. The molecule has 28 heavy (non-hydrogen) atoms. The minimum absolute atomic E-state index is 0.0330. The second kappa shape index (κ2) is 9.69. The normalized spacial score (nSPS) is 10.6. The molecular weight excluding hydrogens is 354 g/mol. The molecule has 0 saturated carbocycles. The van der Waals surface area contributed by atoms with Crippen molar-refractivity contribution in [2.24, 2.45) is 0 Å². The molecule has 0 saturated heterocycles. The van der Waals surface area contributed by atoms with Crippen LogP contribution in [0.3, 0.4) is 0 Å². The van der Waals surface area contributed by atoms with Gasteiger partial charge in [0.15, 0.2) is 0 Å². The van der Waals surface area contributed by atoms with Gasteiger partial charge in [-0.1, -0.05) is 48.0 Å². The number of nitrogens with one attached hydrogen (secondary N) is 1. The molecule has 1 heterocycles. The summed E-state index contributed by atoms with van der Waals surface area (Å²) in [6, 6.07) is 16.0. The summed E-state index contributed by atoms with van der Waals surface area (Å²) >= 11 is 0. The average Bonchev–Trinajstić information content (AvgIpc) is 3.18. The van der Waals surface area contributed by atoms with Crippen LogP contribution in [0.25, 0.3) is 0 Å². The second-order valence-corrected chi connectivity index (χ2v) is 6.66. The maximum Gasteiger partial charge on any atom is 0.220 e. The van der Waals surface area contributed by atoms with Gasteiger partial charge in [0, 0.05) is 25.8 Å². The molecule has 2 aromatic carbocycles. The number of amides is 1. The van der Waals surface area contributed by atoms with E-state index in [0.29, 0.717) is 37.6 Å². The number of carbonyl (C=O) groups is 1. The second-order valence-electron chi connectivity index (χ2n) is 6.66. The highest BCUT2D eigenvalue weighted by Gasteiger charge is 2.10. The van der Waals surface area contributed by atoms with Gasteiger partial charge in [-0.15, -0.1) is 10.2 Å². The van der Waals surface area contributed by atoms with E-state index in [1.54, 1.807) is 7.11 Å². The Morgan fingerprint density at radius 1 is 1.00 bits per heavy atom. The molecule has 1 amide bonds. The third kappa shape index (κ3) is 5.67. The Hall–Kier alpha value is -3.15. The smallest absolute Gasteiger partial charge is 0.220 e. The van der Waals surface area contributed by atoms with E-state index in [4.69, 9.17) is 9.15 Å². The fourth-order valence-corrected chi connectivity index (χ4v) is 2.86. The average molecular weight is 379 g/mol. The molecule has 0 aliphatic rings. The van der Waals surface area contributed by atoms with Crippen molar-refractivity contribution in [3.05, 3.63) is 77.0 Å². The summed E-state index contributed by atoms with van der Waals surface area (Å²) in [6.07, 6.45) is 2.14. The van der Waals surface area contributed by atoms with E-state index < -0.39 is 0 Å². The third-order valence-electron chi connectivity index (χ3n) is 4.49. The molecule has 0 aliphatic heterocycles. The number of aromatic nitrogens is 2. The number of benzene rings is 2. The minimum Gasteiger partial charge on any atom is -0.496 e. The van der Waals surface area contributed by atoms with Gasteiger partial charge in [-0.05, 0) is 30.5 Å². The molecule has 3 aromatic rings. The maximum absolute atomic E-state index is 12.0. The van der Waals surface area contributed by atoms with Crippen molar-refractivity contribution in [1.29, 1.82) is 0 Å². The Labute approximate surface area is 164 Å². The van der Waals surface area contributed by atoms with Crippen LogP contribution in [0, 0.1) is 6.92 Å². The van der Waals surface area contributed by atoms with Gasteiger partial charge in [-0.2, -0.15) is 0 Å². The van der Waals surface area contributed by atoms with Crippen molar-refractivity contribution in [3.8, 4) is 5.75 Å². The topological polar surface area (TPSA) is 77.2 Å². The van der Waals surface area contributed by atoms with Crippen LogP contribution >= 0.6 is 0 Å². The Morgan fingerprint density at radius 3 is 2.46 bits per heavy atom. The highest BCUT2D eigenvalue weighted by molar-refractivity contribution is 5.76. The summed E-state index contributed by atoms with van der Waals surface area (Å²) in [7, 11) is 1.66. The number of nitrogens with zero attached hydrogens (tertiary/aromatic N) is 2. The van der Waals surface area contributed by atoms with Gasteiger partial charge >= 0.3 is 0 Å². The molecule has 6 nitrogen and oxygen atoms in total. The van der Waals surface area contributed by atoms with Crippen molar-refractivity contribution in [1.82, 2.24) is 15.5 Å². The molecular formula is C22H25N3O3. The first-order valence-electron chi connectivity index (χ1n) is 9.39. The number of methoxy groups -OCH3 is 1. The monoisotopic (exact) mass is 379 g/mol. The van der Waals surface area contributed by atoms with Gasteiger partial charge in [0.25, 0.3) is 0 Å². The molecule has 6 heteroatoms. The Balaban J connectivity index is 1.42.